The molecule has 0 bridgehead atoms. The summed E-state index contributed by atoms with van der Waals surface area (Å²) in [6.07, 6.45) is -4.49. The van der Waals surface area contributed by atoms with Gasteiger partial charge in [0.05, 0.1) is 5.56 Å². The summed E-state index contributed by atoms with van der Waals surface area (Å²) < 4.78 is 48.5. The number of carbonyl (C=O) groups excluding carboxylic acids is 1. The van der Waals surface area contributed by atoms with Crippen molar-refractivity contribution in [3.05, 3.63) is 29.8 Å². The van der Waals surface area contributed by atoms with Crippen LogP contribution in [0.15, 0.2) is 24.3 Å². The van der Waals surface area contributed by atoms with Crippen LogP contribution in [0.2, 0.25) is 0 Å². The second-order valence-corrected chi connectivity index (χ2v) is 6.15. The molecule has 1 fully saturated rings. The van der Waals surface area contributed by atoms with Crippen LogP contribution in [-0.2, 0) is 15.7 Å². The number of rotatable bonds is 7. The zero-order valence-electron chi connectivity index (χ0n) is 14.8. The van der Waals surface area contributed by atoms with Crippen molar-refractivity contribution in [2.45, 2.75) is 30.7 Å². The van der Waals surface area contributed by atoms with Crippen molar-refractivity contribution in [3.8, 4) is 5.75 Å². The maximum absolute atomic E-state index is 12.7. The number of halogens is 4. The number of alkyl halides is 3. The van der Waals surface area contributed by atoms with Crippen molar-refractivity contribution in [2.75, 3.05) is 33.4 Å². The molecule has 6 nitrogen and oxygen atoms in total. The quantitative estimate of drug-likeness (QED) is 0.636. The molecule has 0 radical (unpaired) electrons. The molecule has 0 aromatic heterocycles. The molecule has 10 heteroatoms. The average molecular weight is 413 g/mol. The standard InChI is InChI=1S/C17H23F3N2O4.ClH/c1-25-16(5-7-21-8-6-16)15(24)22-10-13(23)11-26-14-4-2-3-12(9-14)17(18,19)20;/h2-4,9,13,21,23H,5-8,10-11H2,1H3,(H,22,24);1H. The lowest BCUT2D eigenvalue weighted by Crippen LogP contribution is -2.55. The Balaban J connectivity index is 0.00000364. The molecule has 3 N–H and O–H groups in total. The van der Waals surface area contributed by atoms with Crippen LogP contribution < -0.4 is 15.4 Å². The maximum atomic E-state index is 12.7. The molecule has 0 spiro atoms. The highest BCUT2D eigenvalue weighted by molar-refractivity contribution is 5.85. The Morgan fingerprint density at radius 1 is 1.37 bits per heavy atom. The number of benzene rings is 1. The number of carbonyl (C=O) groups is 1. The first-order valence-electron chi connectivity index (χ1n) is 8.29. The molecule has 0 aliphatic carbocycles. The van der Waals surface area contributed by atoms with E-state index in [0.717, 1.165) is 12.1 Å². The van der Waals surface area contributed by atoms with Gasteiger partial charge in [0.15, 0.2) is 0 Å². The van der Waals surface area contributed by atoms with Gasteiger partial charge >= 0.3 is 6.18 Å². The van der Waals surface area contributed by atoms with Gasteiger partial charge in [-0.15, -0.1) is 12.4 Å². The third-order valence-corrected chi connectivity index (χ3v) is 4.32. The lowest BCUT2D eigenvalue weighted by Gasteiger charge is -2.35. The van der Waals surface area contributed by atoms with Crippen LogP contribution in [0.3, 0.4) is 0 Å². The molecule has 1 aromatic rings. The fourth-order valence-electron chi connectivity index (χ4n) is 2.74. The van der Waals surface area contributed by atoms with E-state index in [1.807, 2.05) is 0 Å². The lowest BCUT2D eigenvalue weighted by molar-refractivity contribution is -0.147. The third kappa shape index (κ3) is 6.53. The fourth-order valence-corrected chi connectivity index (χ4v) is 2.74. The number of amides is 1. The summed E-state index contributed by atoms with van der Waals surface area (Å²) in [7, 11) is 1.47. The largest absolute Gasteiger partial charge is 0.491 e. The predicted molar refractivity (Wildman–Crippen MR) is 95.0 cm³/mol. The molecule has 1 aliphatic rings. The summed E-state index contributed by atoms with van der Waals surface area (Å²) in [6.45, 7) is 0.977. The molecule has 1 atom stereocenters. The van der Waals surface area contributed by atoms with Crippen LogP contribution >= 0.6 is 12.4 Å². The first-order chi connectivity index (χ1) is 12.3. The maximum Gasteiger partial charge on any atom is 0.416 e. The van der Waals surface area contributed by atoms with E-state index < -0.39 is 23.4 Å². The zero-order valence-corrected chi connectivity index (χ0v) is 15.7. The van der Waals surface area contributed by atoms with Gasteiger partial charge in [0.25, 0.3) is 5.91 Å². The number of aliphatic hydroxyl groups excluding tert-OH is 1. The van der Waals surface area contributed by atoms with Crippen LogP contribution in [-0.4, -0.2) is 56.1 Å². The van der Waals surface area contributed by atoms with Gasteiger partial charge in [-0.05, 0) is 44.1 Å². The van der Waals surface area contributed by atoms with Crippen LogP contribution in [0.5, 0.6) is 5.75 Å². The molecule has 1 aromatic carbocycles. The predicted octanol–water partition coefficient (Wildman–Crippen LogP) is 1.75. The van der Waals surface area contributed by atoms with Crippen molar-refractivity contribution in [3.63, 3.8) is 0 Å². The van der Waals surface area contributed by atoms with Gasteiger partial charge in [0.1, 0.15) is 24.1 Å². The third-order valence-electron chi connectivity index (χ3n) is 4.32. The molecule has 27 heavy (non-hydrogen) atoms. The summed E-state index contributed by atoms with van der Waals surface area (Å²) in [4.78, 5) is 12.3. The highest BCUT2D eigenvalue weighted by atomic mass is 35.5. The Morgan fingerprint density at radius 3 is 2.63 bits per heavy atom. The molecule has 2 rings (SSSR count). The molecular weight excluding hydrogens is 389 g/mol. The monoisotopic (exact) mass is 412 g/mol. The highest BCUT2D eigenvalue weighted by Crippen LogP contribution is 2.31. The number of nitrogens with one attached hydrogen (secondary N) is 2. The lowest BCUT2D eigenvalue weighted by atomic mass is 9.91. The second kappa shape index (κ2) is 10.1. The Kier molecular flexibility index (Phi) is 8.80. The number of aliphatic hydroxyl groups is 1. The van der Waals surface area contributed by atoms with Crippen molar-refractivity contribution < 1.29 is 32.5 Å². The molecule has 1 saturated heterocycles. The van der Waals surface area contributed by atoms with Gasteiger partial charge < -0.3 is 25.2 Å². The van der Waals surface area contributed by atoms with Gasteiger partial charge in [-0.25, -0.2) is 0 Å². The van der Waals surface area contributed by atoms with E-state index in [4.69, 9.17) is 9.47 Å². The Bertz CT molecular complexity index is 610. The van der Waals surface area contributed by atoms with Crippen molar-refractivity contribution in [1.82, 2.24) is 10.6 Å². The van der Waals surface area contributed by atoms with Crippen LogP contribution in [0.25, 0.3) is 0 Å². The van der Waals surface area contributed by atoms with Crippen LogP contribution in [0.4, 0.5) is 13.2 Å². The van der Waals surface area contributed by atoms with Crippen molar-refractivity contribution >= 4 is 18.3 Å². The summed E-state index contributed by atoms with van der Waals surface area (Å²) in [5.41, 5.74) is -1.75. The minimum atomic E-state index is -4.46. The van der Waals surface area contributed by atoms with Gasteiger partial charge in [-0.3, -0.25) is 4.79 Å². The van der Waals surface area contributed by atoms with Crippen molar-refractivity contribution in [1.29, 1.82) is 0 Å². The van der Waals surface area contributed by atoms with E-state index >= 15 is 0 Å². The van der Waals surface area contributed by atoms with E-state index in [1.54, 1.807) is 0 Å². The number of piperidine rings is 1. The average Bonchev–Trinajstić information content (AvgIpc) is 2.64. The molecule has 1 heterocycles. The Hall–Kier alpha value is -1.55. The smallest absolute Gasteiger partial charge is 0.416 e. The minimum Gasteiger partial charge on any atom is -0.491 e. The fraction of sp³-hybridized carbons (Fsp3) is 0.588. The van der Waals surface area contributed by atoms with Gasteiger partial charge in [0.2, 0.25) is 0 Å². The number of ether oxygens (including phenoxy) is 2. The molecular formula is C17H24ClF3N2O4. The van der Waals surface area contributed by atoms with E-state index in [1.165, 1.54) is 19.2 Å². The Morgan fingerprint density at radius 2 is 2.04 bits per heavy atom. The number of methoxy groups -OCH3 is 1. The first-order valence-corrected chi connectivity index (χ1v) is 8.29. The van der Waals surface area contributed by atoms with Crippen molar-refractivity contribution in [2.24, 2.45) is 0 Å². The van der Waals surface area contributed by atoms with E-state index in [-0.39, 0.29) is 37.2 Å². The molecule has 0 saturated carbocycles. The molecule has 1 amide bonds. The SMILES string of the molecule is COC1(C(=O)NCC(O)COc2cccc(C(F)(F)F)c2)CCNCC1.Cl. The topological polar surface area (TPSA) is 79.8 Å². The summed E-state index contributed by atoms with van der Waals surface area (Å²) in [5, 5.41) is 15.7. The summed E-state index contributed by atoms with van der Waals surface area (Å²) in [6, 6.07) is 4.40. The normalized spacial score (nSPS) is 17.5. The Labute approximate surface area is 161 Å². The number of hydrogen-bond donors (Lipinski definition) is 3. The highest BCUT2D eigenvalue weighted by Gasteiger charge is 2.39. The van der Waals surface area contributed by atoms with E-state index in [2.05, 4.69) is 10.6 Å². The summed E-state index contributed by atoms with van der Waals surface area (Å²) in [5.74, 6) is -0.323. The van der Waals surface area contributed by atoms with E-state index in [9.17, 15) is 23.1 Å². The van der Waals surface area contributed by atoms with Crippen LogP contribution in [0, 0.1) is 0 Å². The molecule has 1 aliphatic heterocycles. The zero-order chi connectivity index (χ0) is 19.2. The van der Waals surface area contributed by atoms with E-state index in [0.29, 0.717) is 25.9 Å². The van der Waals surface area contributed by atoms with Gasteiger partial charge in [-0.1, -0.05) is 6.07 Å². The summed E-state index contributed by atoms with van der Waals surface area (Å²) >= 11 is 0. The minimum absolute atomic E-state index is 0. The number of hydrogen-bond acceptors (Lipinski definition) is 5. The molecule has 154 valence electrons. The van der Waals surface area contributed by atoms with Gasteiger partial charge in [0, 0.05) is 13.7 Å². The van der Waals surface area contributed by atoms with Gasteiger partial charge in [-0.2, -0.15) is 13.2 Å². The second-order valence-electron chi connectivity index (χ2n) is 6.15. The van der Waals surface area contributed by atoms with Crippen LogP contribution in [0.1, 0.15) is 18.4 Å². The molecule has 1 unspecified atom stereocenters. The first kappa shape index (κ1) is 23.5.